The molecule has 0 amide bonds. The standard InChI is InChI=1S/C23H23F3N4O4S/c1-2-32-21(31)14-5-7-30(8-6-14)22-28-19(15-10-18(23(24,25)26)35-20(15)29-22)27-11-13-3-4-16-17(9-13)34-12-33-16/h3-4,9-10,14H,2,5-8,11-12H2,1H3,(H,27,28,29). The average molecular weight is 509 g/mol. The number of carbonyl (C=O) groups excluding carboxylic acids is 1. The van der Waals surface area contributed by atoms with Gasteiger partial charge in [-0.05, 0) is 43.5 Å². The Kier molecular flexibility index (Phi) is 6.30. The molecule has 0 atom stereocenters. The number of hydrogen-bond donors (Lipinski definition) is 1. The first-order chi connectivity index (χ1) is 16.8. The largest absolute Gasteiger partial charge is 0.466 e. The van der Waals surface area contributed by atoms with Gasteiger partial charge in [0.2, 0.25) is 12.7 Å². The van der Waals surface area contributed by atoms with E-state index in [1.165, 1.54) is 0 Å². The lowest BCUT2D eigenvalue weighted by atomic mass is 9.97. The molecule has 3 aromatic rings. The molecule has 35 heavy (non-hydrogen) atoms. The van der Waals surface area contributed by atoms with Gasteiger partial charge in [-0.2, -0.15) is 18.2 Å². The van der Waals surface area contributed by atoms with Crippen LogP contribution in [0, 0.1) is 5.92 Å². The van der Waals surface area contributed by atoms with Crippen molar-refractivity contribution in [2.24, 2.45) is 5.92 Å². The molecule has 8 nitrogen and oxygen atoms in total. The third-order valence-corrected chi connectivity index (χ3v) is 7.03. The average Bonchev–Trinajstić information content (AvgIpc) is 3.49. The molecule has 2 aliphatic heterocycles. The van der Waals surface area contributed by atoms with E-state index in [9.17, 15) is 18.0 Å². The summed E-state index contributed by atoms with van der Waals surface area (Å²) in [5.74, 6) is 1.52. The lowest BCUT2D eigenvalue weighted by molar-refractivity contribution is -0.148. The smallest absolute Gasteiger partial charge is 0.425 e. The minimum absolute atomic E-state index is 0.157. The summed E-state index contributed by atoms with van der Waals surface area (Å²) in [4.78, 5) is 22.5. The number of alkyl halides is 3. The van der Waals surface area contributed by atoms with Crippen molar-refractivity contribution in [1.29, 1.82) is 0 Å². The fraction of sp³-hybridized carbons (Fsp3) is 0.435. The summed E-state index contributed by atoms with van der Waals surface area (Å²) in [5.41, 5.74) is 0.865. The minimum Gasteiger partial charge on any atom is -0.466 e. The second-order valence-electron chi connectivity index (χ2n) is 8.25. The molecule has 1 saturated heterocycles. The highest BCUT2D eigenvalue weighted by Crippen LogP contribution is 2.40. The van der Waals surface area contributed by atoms with E-state index in [0.29, 0.717) is 79.1 Å². The zero-order chi connectivity index (χ0) is 24.6. The maximum absolute atomic E-state index is 13.4. The highest BCUT2D eigenvalue weighted by molar-refractivity contribution is 7.18. The molecule has 186 valence electrons. The normalized spacial score (nSPS) is 16.1. The predicted molar refractivity (Wildman–Crippen MR) is 124 cm³/mol. The second-order valence-corrected chi connectivity index (χ2v) is 9.28. The van der Waals surface area contributed by atoms with Crippen molar-refractivity contribution in [3.8, 4) is 11.5 Å². The molecule has 12 heteroatoms. The van der Waals surface area contributed by atoms with Gasteiger partial charge in [0.1, 0.15) is 15.5 Å². The summed E-state index contributed by atoms with van der Waals surface area (Å²) < 4.78 is 56.1. The van der Waals surface area contributed by atoms with E-state index in [1.54, 1.807) is 13.0 Å². The van der Waals surface area contributed by atoms with Crippen LogP contribution in [0.5, 0.6) is 11.5 Å². The summed E-state index contributed by atoms with van der Waals surface area (Å²) in [6, 6.07) is 6.55. The number of rotatable bonds is 6. The molecular formula is C23H23F3N4O4S. The van der Waals surface area contributed by atoms with E-state index in [0.717, 1.165) is 11.6 Å². The van der Waals surface area contributed by atoms with Gasteiger partial charge in [-0.3, -0.25) is 4.79 Å². The molecule has 4 heterocycles. The summed E-state index contributed by atoms with van der Waals surface area (Å²) in [6.45, 7) is 3.60. The van der Waals surface area contributed by atoms with Crippen LogP contribution in [0.25, 0.3) is 10.2 Å². The summed E-state index contributed by atoms with van der Waals surface area (Å²) >= 11 is 0.593. The topological polar surface area (TPSA) is 85.8 Å². The molecular weight excluding hydrogens is 485 g/mol. The van der Waals surface area contributed by atoms with Crippen LogP contribution < -0.4 is 19.7 Å². The Morgan fingerprint density at radius 3 is 2.71 bits per heavy atom. The van der Waals surface area contributed by atoms with Crippen molar-refractivity contribution < 1.29 is 32.2 Å². The predicted octanol–water partition coefficient (Wildman–Crippen LogP) is 4.83. The molecule has 2 aliphatic rings. The molecule has 1 N–H and O–H groups in total. The summed E-state index contributed by atoms with van der Waals surface area (Å²) in [5, 5.41) is 3.49. The molecule has 0 unspecified atom stereocenters. The maximum atomic E-state index is 13.4. The number of nitrogens with one attached hydrogen (secondary N) is 1. The van der Waals surface area contributed by atoms with E-state index in [1.807, 2.05) is 17.0 Å². The Hall–Kier alpha value is -3.28. The minimum atomic E-state index is -4.47. The molecule has 5 rings (SSSR count). The van der Waals surface area contributed by atoms with Crippen LogP contribution in [0.15, 0.2) is 24.3 Å². The Morgan fingerprint density at radius 1 is 1.20 bits per heavy atom. The molecule has 0 aliphatic carbocycles. The van der Waals surface area contributed by atoms with Crippen LogP contribution in [-0.4, -0.2) is 42.4 Å². The first-order valence-electron chi connectivity index (χ1n) is 11.2. The van der Waals surface area contributed by atoms with Crippen molar-refractivity contribution in [1.82, 2.24) is 9.97 Å². The first-order valence-corrected chi connectivity index (χ1v) is 12.1. The van der Waals surface area contributed by atoms with Crippen molar-refractivity contribution in [2.45, 2.75) is 32.5 Å². The summed E-state index contributed by atoms with van der Waals surface area (Å²) in [6.07, 6.45) is -3.34. The number of benzene rings is 1. The number of halogens is 3. The van der Waals surface area contributed by atoms with Crippen molar-refractivity contribution >= 4 is 39.3 Å². The molecule has 0 radical (unpaired) electrons. The Labute approximate surface area is 203 Å². The van der Waals surface area contributed by atoms with E-state index in [2.05, 4.69) is 15.3 Å². The monoisotopic (exact) mass is 508 g/mol. The number of fused-ring (bicyclic) bond motifs is 2. The van der Waals surface area contributed by atoms with Gasteiger partial charge in [-0.25, -0.2) is 4.98 Å². The van der Waals surface area contributed by atoms with E-state index < -0.39 is 11.1 Å². The number of hydrogen-bond acceptors (Lipinski definition) is 9. The van der Waals surface area contributed by atoms with Crippen LogP contribution in [0.3, 0.4) is 0 Å². The maximum Gasteiger partial charge on any atom is 0.425 e. The fourth-order valence-electron chi connectivity index (χ4n) is 4.14. The van der Waals surface area contributed by atoms with Crippen LogP contribution in [0.1, 0.15) is 30.2 Å². The zero-order valence-electron chi connectivity index (χ0n) is 18.9. The Morgan fingerprint density at radius 2 is 1.97 bits per heavy atom. The number of piperidine rings is 1. The van der Waals surface area contributed by atoms with Gasteiger partial charge in [0, 0.05) is 19.6 Å². The van der Waals surface area contributed by atoms with E-state index in [-0.39, 0.29) is 23.5 Å². The number of thiophene rings is 1. The van der Waals surface area contributed by atoms with Crippen LogP contribution in [0.4, 0.5) is 24.9 Å². The van der Waals surface area contributed by atoms with Gasteiger partial charge in [-0.1, -0.05) is 6.07 Å². The highest BCUT2D eigenvalue weighted by atomic mass is 32.1. The van der Waals surface area contributed by atoms with Gasteiger partial charge in [0.05, 0.1) is 17.9 Å². The molecule has 0 bridgehead atoms. The van der Waals surface area contributed by atoms with Gasteiger partial charge in [0.25, 0.3) is 0 Å². The number of anilines is 2. The third kappa shape index (κ3) is 4.93. The Bertz CT molecular complexity index is 1240. The number of ether oxygens (including phenoxy) is 3. The van der Waals surface area contributed by atoms with Gasteiger partial charge >= 0.3 is 12.1 Å². The molecule has 2 aromatic heterocycles. The SMILES string of the molecule is CCOC(=O)C1CCN(c2nc(NCc3ccc4c(c3)OCO4)c3cc(C(F)(F)F)sc3n2)CC1. The number of aromatic nitrogens is 2. The van der Waals surface area contributed by atoms with Crippen molar-refractivity contribution in [3.05, 3.63) is 34.7 Å². The molecule has 1 aromatic carbocycles. The third-order valence-electron chi connectivity index (χ3n) is 5.95. The van der Waals surface area contributed by atoms with Gasteiger partial charge in [-0.15, -0.1) is 11.3 Å². The molecule has 0 saturated carbocycles. The van der Waals surface area contributed by atoms with Crippen molar-refractivity contribution in [2.75, 3.05) is 36.7 Å². The highest BCUT2D eigenvalue weighted by Gasteiger charge is 2.34. The van der Waals surface area contributed by atoms with E-state index >= 15 is 0 Å². The lowest BCUT2D eigenvalue weighted by Gasteiger charge is -2.31. The van der Waals surface area contributed by atoms with Crippen LogP contribution in [-0.2, 0) is 22.3 Å². The number of nitrogens with zero attached hydrogens (tertiary/aromatic N) is 3. The Balaban J connectivity index is 1.40. The van der Waals surface area contributed by atoms with Gasteiger partial charge < -0.3 is 24.4 Å². The quantitative estimate of drug-likeness (QED) is 0.474. The van der Waals surface area contributed by atoms with Gasteiger partial charge in [0.15, 0.2) is 11.5 Å². The lowest BCUT2D eigenvalue weighted by Crippen LogP contribution is -2.38. The zero-order valence-corrected chi connectivity index (χ0v) is 19.7. The summed E-state index contributed by atoms with van der Waals surface area (Å²) in [7, 11) is 0. The molecule has 0 spiro atoms. The van der Waals surface area contributed by atoms with Crippen LogP contribution in [0.2, 0.25) is 0 Å². The fourth-order valence-corrected chi connectivity index (χ4v) is 5.03. The van der Waals surface area contributed by atoms with Crippen molar-refractivity contribution in [3.63, 3.8) is 0 Å². The molecule has 1 fully saturated rings. The van der Waals surface area contributed by atoms with E-state index in [4.69, 9.17) is 14.2 Å². The van der Waals surface area contributed by atoms with Crippen LogP contribution >= 0.6 is 11.3 Å². The first kappa shape index (κ1) is 23.5. The second kappa shape index (κ2) is 9.40. The number of carbonyl (C=O) groups is 1. The number of esters is 1.